The van der Waals surface area contributed by atoms with Crippen molar-refractivity contribution in [1.29, 1.82) is 0 Å². The Morgan fingerprint density at radius 3 is 2.48 bits per heavy atom. The summed E-state index contributed by atoms with van der Waals surface area (Å²) in [4.78, 5) is 35.2. The second-order valence-electron chi connectivity index (χ2n) is 6.59. The van der Waals surface area contributed by atoms with Gasteiger partial charge >= 0.3 is 11.8 Å². The Kier molecular flexibility index (Phi) is 6.14. The van der Waals surface area contributed by atoms with Gasteiger partial charge in [0, 0.05) is 45.0 Å². The summed E-state index contributed by atoms with van der Waals surface area (Å²) in [5.41, 5.74) is -0.746. The van der Waals surface area contributed by atoms with Gasteiger partial charge in [0.1, 0.15) is 5.60 Å². The molecule has 0 spiro atoms. The average molecular weight is 326 g/mol. The molecule has 2 N–H and O–H groups in total. The van der Waals surface area contributed by atoms with E-state index in [4.69, 9.17) is 4.74 Å². The molecule has 1 aromatic rings. The number of nitrogens with zero attached hydrogens (tertiary/aromatic N) is 2. The Hall–Kier alpha value is -2.09. The Bertz CT molecular complexity index is 670. The molecule has 1 aromatic heterocycles. The number of nitrogens with one attached hydrogen (secondary N) is 2. The fraction of sp³-hybridized carbons (Fsp3) is 0.667. The lowest BCUT2D eigenvalue weighted by atomic mass is 10.2. The smallest absolute Gasteiger partial charge is 0.407 e. The van der Waals surface area contributed by atoms with Crippen molar-refractivity contribution in [3.05, 3.63) is 32.6 Å². The average Bonchev–Trinajstić information content (AvgIpc) is 2.39. The second-order valence-corrected chi connectivity index (χ2v) is 6.59. The van der Waals surface area contributed by atoms with E-state index in [0.29, 0.717) is 18.7 Å². The van der Waals surface area contributed by atoms with E-state index in [0.717, 1.165) is 4.57 Å². The molecule has 0 saturated carbocycles. The third-order valence-corrected chi connectivity index (χ3v) is 3.05. The first-order valence-electron chi connectivity index (χ1n) is 7.47. The van der Waals surface area contributed by atoms with Crippen LogP contribution in [0.3, 0.4) is 0 Å². The van der Waals surface area contributed by atoms with Gasteiger partial charge in [0.2, 0.25) is 0 Å². The van der Waals surface area contributed by atoms with Crippen LogP contribution in [-0.4, -0.2) is 33.4 Å². The van der Waals surface area contributed by atoms with Crippen LogP contribution in [0.1, 0.15) is 33.3 Å². The van der Waals surface area contributed by atoms with E-state index in [-0.39, 0.29) is 17.3 Å². The number of hydrogen-bond acceptors (Lipinski definition) is 5. The molecular formula is C15H26N4O4. The number of alkyl carbamates (subject to hydrolysis) is 1. The molecule has 0 saturated heterocycles. The molecule has 8 heteroatoms. The minimum absolute atomic E-state index is 0.166. The second kappa shape index (κ2) is 7.45. The number of hydrogen-bond donors (Lipinski definition) is 2. The Balaban J connectivity index is 2.53. The van der Waals surface area contributed by atoms with Crippen LogP contribution in [0, 0.1) is 0 Å². The molecule has 0 aliphatic heterocycles. The zero-order valence-corrected chi connectivity index (χ0v) is 14.6. The van der Waals surface area contributed by atoms with Crippen LogP contribution in [0.2, 0.25) is 0 Å². The summed E-state index contributed by atoms with van der Waals surface area (Å²) >= 11 is 0. The fourth-order valence-corrected chi connectivity index (χ4v) is 1.99. The molecule has 0 bridgehead atoms. The predicted octanol–water partition coefficient (Wildman–Crippen LogP) is 0.0868. The van der Waals surface area contributed by atoms with Crippen molar-refractivity contribution >= 4 is 6.09 Å². The number of amides is 1. The topological polar surface area (TPSA) is 94.4 Å². The summed E-state index contributed by atoms with van der Waals surface area (Å²) in [5, 5.41) is 5.79. The molecule has 1 rings (SSSR count). The highest BCUT2D eigenvalue weighted by atomic mass is 16.6. The molecule has 8 nitrogen and oxygen atoms in total. The maximum absolute atomic E-state index is 12.0. The standard InChI is InChI=1S/C15H26N4O4/c1-10(17-13(21)23-15(2,3)4)7-16-8-11-9-18(5)14(22)19(6)12(11)20/h9-10,16H,7-8H2,1-6H3,(H,17,21). The van der Waals surface area contributed by atoms with Gasteiger partial charge in [-0.3, -0.25) is 9.36 Å². The zero-order valence-electron chi connectivity index (χ0n) is 14.6. The van der Waals surface area contributed by atoms with E-state index < -0.39 is 11.7 Å². The van der Waals surface area contributed by atoms with Crippen molar-refractivity contribution in [2.45, 2.75) is 45.9 Å². The Morgan fingerprint density at radius 2 is 1.91 bits per heavy atom. The Morgan fingerprint density at radius 1 is 1.30 bits per heavy atom. The van der Waals surface area contributed by atoms with Gasteiger partial charge in [0.25, 0.3) is 5.56 Å². The fourth-order valence-electron chi connectivity index (χ4n) is 1.99. The summed E-state index contributed by atoms with van der Waals surface area (Å²) in [7, 11) is 3.04. The van der Waals surface area contributed by atoms with E-state index in [2.05, 4.69) is 10.6 Å². The summed E-state index contributed by atoms with van der Waals surface area (Å²) in [6.45, 7) is 7.99. The molecule has 1 unspecified atom stereocenters. The monoisotopic (exact) mass is 326 g/mol. The van der Waals surface area contributed by atoms with Gasteiger partial charge in [-0.05, 0) is 27.7 Å². The van der Waals surface area contributed by atoms with Gasteiger partial charge in [-0.15, -0.1) is 0 Å². The molecule has 130 valence electrons. The summed E-state index contributed by atoms with van der Waals surface area (Å²) in [6, 6.07) is -0.166. The highest BCUT2D eigenvalue weighted by Crippen LogP contribution is 2.06. The quantitative estimate of drug-likeness (QED) is 0.799. The lowest BCUT2D eigenvalue weighted by Gasteiger charge is -2.22. The molecule has 0 aliphatic rings. The number of aromatic nitrogens is 2. The van der Waals surface area contributed by atoms with Gasteiger partial charge in [-0.25, -0.2) is 9.59 Å². The maximum Gasteiger partial charge on any atom is 0.407 e. The van der Waals surface area contributed by atoms with Crippen LogP contribution in [0.15, 0.2) is 15.8 Å². The van der Waals surface area contributed by atoms with Crippen molar-refractivity contribution in [3.63, 3.8) is 0 Å². The lowest BCUT2D eigenvalue weighted by molar-refractivity contribution is 0.0508. The van der Waals surface area contributed by atoms with Crippen LogP contribution in [-0.2, 0) is 25.4 Å². The number of aryl methyl sites for hydroxylation is 1. The Labute approximate surface area is 135 Å². The number of carbonyl (C=O) groups excluding carboxylic acids is 1. The summed E-state index contributed by atoms with van der Waals surface area (Å²) in [5.74, 6) is 0. The van der Waals surface area contributed by atoms with Crippen LogP contribution < -0.4 is 21.9 Å². The largest absolute Gasteiger partial charge is 0.444 e. The van der Waals surface area contributed by atoms with Crippen LogP contribution >= 0.6 is 0 Å². The molecule has 1 atom stereocenters. The van der Waals surface area contributed by atoms with E-state index in [1.54, 1.807) is 27.8 Å². The number of carbonyl (C=O) groups is 1. The predicted molar refractivity (Wildman–Crippen MR) is 87.5 cm³/mol. The van der Waals surface area contributed by atoms with Crippen molar-refractivity contribution in [2.24, 2.45) is 14.1 Å². The van der Waals surface area contributed by atoms with Gasteiger partial charge in [-0.2, -0.15) is 0 Å². The normalized spacial score (nSPS) is 12.8. The first-order valence-corrected chi connectivity index (χ1v) is 7.47. The summed E-state index contributed by atoms with van der Waals surface area (Å²) < 4.78 is 7.60. The van der Waals surface area contributed by atoms with Crippen LogP contribution in [0.4, 0.5) is 4.79 Å². The third-order valence-electron chi connectivity index (χ3n) is 3.05. The van der Waals surface area contributed by atoms with Gasteiger partial charge in [0.15, 0.2) is 0 Å². The highest BCUT2D eigenvalue weighted by molar-refractivity contribution is 5.68. The minimum Gasteiger partial charge on any atom is -0.444 e. The first-order chi connectivity index (χ1) is 10.5. The first kappa shape index (κ1) is 19.0. The molecule has 0 aromatic carbocycles. The van der Waals surface area contributed by atoms with Gasteiger partial charge in [0.05, 0.1) is 0 Å². The number of ether oxygens (including phenoxy) is 1. The van der Waals surface area contributed by atoms with Crippen LogP contribution in [0.5, 0.6) is 0 Å². The molecule has 0 fully saturated rings. The summed E-state index contributed by atoms with van der Waals surface area (Å²) in [6.07, 6.45) is 1.04. The molecule has 1 amide bonds. The van der Waals surface area contributed by atoms with Crippen molar-refractivity contribution < 1.29 is 9.53 Å². The third kappa shape index (κ3) is 5.90. The van der Waals surface area contributed by atoms with E-state index in [1.165, 1.54) is 17.8 Å². The molecule has 1 heterocycles. The van der Waals surface area contributed by atoms with Crippen LogP contribution in [0.25, 0.3) is 0 Å². The SMILES string of the molecule is CC(CNCc1cn(C)c(=O)n(C)c1=O)NC(=O)OC(C)(C)C. The van der Waals surface area contributed by atoms with Gasteiger partial charge < -0.3 is 19.9 Å². The highest BCUT2D eigenvalue weighted by Gasteiger charge is 2.17. The molecule has 0 aliphatic carbocycles. The van der Waals surface area contributed by atoms with E-state index >= 15 is 0 Å². The van der Waals surface area contributed by atoms with Crippen molar-refractivity contribution in [2.75, 3.05) is 6.54 Å². The van der Waals surface area contributed by atoms with E-state index in [1.807, 2.05) is 6.92 Å². The van der Waals surface area contributed by atoms with Crippen molar-refractivity contribution in [3.8, 4) is 0 Å². The molecule has 23 heavy (non-hydrogen) atoms. The van der Waals surface area contributed by atoms with Crippen molar-refractivity contribution in [1.82, 2.24) is 19.8 Å². The molecule has 0 radical (unpaired) electrons. The van der Waals surface area contributed by atoms with E-state index in [9.17, 15) is 14.4 Å². The zero-order chi connectivity index (χ0) is 17.8. The lowest BCUT2D eigenvalue weighted by Crippen LogP contribution is -2.43. The minimum atomic E-state index is -0.543. The van der Waals surface area contributed by atoms with Gasteiger partial charge in [-0.1, -0.05) is 0 Å². The molecular weight excluding hydrogens is 300 g/mol. The maximum atomic E-state index is 12.0. The number of rotatable bonds is 5.